The van der Waals surface area contributed by atoms with Crippen molar-refractivity contribution >= 4 is 25.7 Å². The molecule has 0 aliphatic rings. The van der Waals surface area contributed by atoms with Gasteiger partial charge in [-0.2, -0.15) is 8.78 Å². The van der Waals surface area contributed by atoms with E-state index in [1.807, 2.05) is 65.6 Å². The van der Waals surface area contributed by atoms with Crippen molar-refractivity contribution in [3.05, 3.63) is 82.7 Å². The number of ether oxygens (including phenoxy) is 1. The Bertz CT molecular complexity index is 1100. The first-order chi connectivity index (χ1) is 16.0. The second kappa shape index (κ2) is 15.9. The molecule has 0 N–H and O–H groups in total. The third-order valence-corrected chi connectivity index (χ3v) is 3.94. The highest BCUT2D eigenvalue weighted by Crippen LogP contribution is 2.22. The summed E-state index contributed by atoms with van der Waals surface area (Å²) in [5.41, 5.74) is 4.24. The minimum Gasteiger partial charge on any atom is -0.455 e. The minimum atomic E-state index is -2.85. The van der Waals surface area contributed by atoms with E-state index in [-0.39, 0.29) is 5.75 Å². The first-order valence-electron chi connectivity index (χ1n) is 9.98. The van der Waals surface area contributed by atoms with Crippen LogP contribution < -0.4 is 15.4 Å². The quantitative estimate of drug-likeness (QED) is 0.534. The number of rotatable bonds is 5. The molecule has 2 heterocycles. The van der Waals surface area contributed by atoms with Crippen molar-refractivity contribution in [1.29, 1.82) is 0 Å². The lowest BCUT2D eigenvalue weighted by Crippen LogP contribution is -2.20. The fourth-order valence-electron chi connectivity index (χ4n) is 2.77. The highest BCUT2D eigenvalue weighted by atomic mass is 19.3. The molecule has 5 nitrogen and oxygen atoms in total. The zero-order chi connectivity index (χ0) is 25.4. The maximum Gasteiger partial charge on any atom is 0.387 e. The highest BCUT2D eigenvalue weighted by molar-refractivity contribution is 5.73. The van der Waals surface area contributed by atoms with Crippen LogP contribution in [-0.4, -0.2) is 25.2 Å². The summed E-state index contributed by atoms with van der Waals surface area (Å²) in [4.78, 5) is 20.2. The first kappa shape index (κ1) is 29.1. The van der Waals surface area contributed by atoms with Crippen molar-refractivity contribution in [3.63, 3.8) is 0 Å². The van der Waals surface area contributed by atoms with Gasteiger partial charge in [-0.05, 0) is 55.8 Å². The number of halogens is 2. The van der Waals surface area contributed by atoms with Crippen LogP contribution in [0.5, 0.6) is 5.75 Å². The largest absolute Gasteiger partial charge is 0.455 e. The summed E-state index contributed by atoms with van der Waals surface area (Å²) in [6.45, 7) is 13.1. The Labute approximate surface area is 192 Å². The Kier molecular flexibility index (Phi) is 14.0. The van der Waals surface area contributed by atoms with Gasteiger partial charge in [0.25, 0.3) is 0 Å². The van der Waals surface area contributed by atoms with Crippen LogP contribution in [0.15, 0.2) is 65.4 Å². The monoisotopic (exact) mass is 457 g/mol. The highest BCUT2D eigenvalue weighted by Gasteiger charge is 2.09. The molecule has 0 fully saturated rings. The van der Waals surface area contributed by atoms with Crippen molar-refractivity contribution in [1.82, 2.24) is 4.98 Å². The normalized spacial score (nSPS) is 10.8. The number of allylic oxidation sites excluding steroid dienone is 2. The molecule has 0 bridgehead atoms. The number of hydrogen-bond acceptors (Lipinski definition) is 5. The number of nitrogens with zero attached hydrogens (tertiary/aromatic N) is 1. The lowest BCUT2D eigenvalue weighted by Gasteiger charge is -2.04. The Hall–Kier alpha value is -3.87. The van der Waals surface area contributed by atoms with Crippen LogP contribution in [0.2, 0.25) is 0 Å². The van der Waals surface area contributed by atoms with E-state index in [1.54, 1.807) is 24.5 Å². The van der Waals surface area contributed by atoms with Gasteiger partial charge in [0, 0.05) is 34.3 Å². The summed E-state index contributed by atoms with van der Waals surface area (Å²) in [7, 11) is 0. The molecule has 0 atom stereocenters. The van der Waals surface area contributed by atoms with Crippen LogP contribution in [0.4, 0.5) is 8.78 Å². The fourth-order valence-corrected chi connectivity index (χ4v) is 2.77. The Morgan fingerprint density at radius 2 is 1.67 bits per heavy atom. The Morgan fingerprint density at radius 3 is 2.18 bits per heavy atom. The molecule has 0 amide bonds. The molecule has 2 aromatic heterocycles. The van der Waals surface area contributed by atoms with Gasteiger partial charge in [0.2, 0.25) is 0 Å². The smallest absolute Gasteiger partial charge is 0.387 e. The molecule has 0 saturated carbocycles. The molecule has 0 radical (unpaired) electrons. The van der Waals surface area contributed by atoms with E-state index in [2.05, 4.69) is 16.3 Å². The van der Waals surface area contributed by atoms with E-state index in [4.69, 9.17) is 14.0 Å². The van der Waals surface area contributed by atoms with Gasteiger partial charge >= 0.3 is 6.61 Å². The second-order valence-electron chi connectivity index (χ2n) is 6.03. The maximum atomic E-state index is 12.3. The molecule has 0 aliphatic carbocycles. The van der Waals surface area contributed by atoms with E-state index in [1.165, 1.54) is 12.1 Å². The molecule has 0 spiro atoms. The van der Waals surface area contributed by atoms with Gasteiger partial charge in [-0.1, -0.05) is 32.6 Å². The molecule has 0 saturated heterocycles. The number of aromatic nitrogens is 1. The SMILES string of the molecule is C=O.C=O.C=c1cc(-c2ccc(OC(F)F)cc2)o/c1=C(/C=C\C)c1cncc(C)c1.CC. The predicted molar refractivity (Wildman–Crippen MR) is 127 cm³/mol. The number of carbonyl (C=O) groups excluding carboxylic acids is 2. The zero-order valence-corrected chi connectivity index (χ0v) is 19.3. The van der Waals surface area contributed by atoms with Crippen molar-refractivity contribution < 1.29 is 27.5 Å². The van der Waals surface area contributed by atoms with Crippen LogP contribution in [0.25, 0.3) is 23.5 Å². The average Bonchev–Trinajstić information content (AvgIpc) is 3.22. The van der Waals surface area contributed by atoms with Gasteiger partial charge in [-0.15, -0.1) is 0 Å². The summed E-state index contributed by atoms with van der Waals surface area (Å²) >= 11 is 0. The Balaban J connectivity index is 0.00000158. The molecule has 7 heteroatoms. The lowest BCUT2D eigenvalue weighted by atomic mass is 10.1. The van der Waals surface area contributed by atoms with Crippen LogP contribution in [0, 0.1) is 6.92 Å². The molecule has 176 valence electrons. The van der Waals surface area contributed by atoms with Gasteiger partial charge in [0.1, 0.15) is 30.5 Å². The molecule has 3 aromatic rings. The van der Waals surface area contributed by atoms with Gasteiger partial charge < -0.3 is 18.7 Å². The number of furan rings is 1. The third kappa shape index (κ3) is 8.65. The zero-order valence-electron chi connectivity index (χ0n) is 19.3. The topological polar surface area (TPSA) is 69.4 Å². The van der Waals surface area contributed by atoms with Crippen molar-refractivity contribution in [2.45, 2.75) is 34.3 Å². The number of benzene rings is 1. The summed E-state index contributed by atoms with van der Waals surface area (Å²) in [5, 5.41) is 0.729. The summed E-state index contributed by atoms with van der Waals surface area (Å²) in [5.74, 6) is 0.698. The molecule has 0 unspecified atom stereocenters. The van der Waals surface area contributed by atoms with Crippen LogP contribution >= 0.6 is 0 Å². The van der Waals surface area contributed by atoms with E-state index in [0.717, 1.165) is 27.5 Å². The number of aryl methyl sites for hydroxylation is 1. The Morgan fingerprint density at radius 1 is 1.06 bits per heavy atom. The molecule has 0 aliphatic heterocycles. The second-order valence-corrected chi connectivity index (χ2v) is 6.03. The standard InChI is InChI=1S/C22H19F2NO2.C2H6.2CH2O/c1-4-5-19(17-10-14(2)12-25-13-17)21-15(3)11-20(27-21)16-6-8-18(9-7-16)26-22(23)24;3*1-2/h4-13,22H,3H2,1-2H3;1-2H3;2*1H2/b5-4-,21-19-;;;. The predicted octanol–water partition coefficient (Wildman–Crippen LogP) is 5.09. The maximum absolute atomic E-state index is 12.3. The third-order valence-electron chi connectivity index (χ3n) is 3.94. The van der Waals surface area contributed by atoms with E-state index in [9.17, 15) is 8.78 Å². The lowest BCUT2D eigenvalue weighted by molar-refractivity contribution is -0.0987. The molecular weight excluding hydrogens is 428 g/mol. The summed E-state index contributed by atoms with van der Waals surface area (Å²) in [6.07, 6.45) is 7.45. The summed E-state index contributed by atoms with van der Waals surface area (Å²) in [6, 6.07) is 10.2. The molecule has 33 heavy (non-hydrogen) atoms. The van der Waals surface area contributed by atoms with E-state index >= 15 is 0 Å². The minimum absolute atomic E-state index is 0.0994. The van der Waals surface area contributed by atoms with E-state index in [0.29, 0.717) is 11.2 Å². The van der Waals surface area contributed by atoms with Gasteiger partial charge in [0.05, 0.1) is 0 Å². The number of hydrogen-bond donors (Lipinski definition) is 0. The molecule has 3 rings (SSSR count). The van der Waals surface area contributed by atoms with Gasteiger partial charge in [-0.25, -0.2) is 0 Å². The molecular formula is C26H29F2NO4. The number of carbonyl (C=O) groups is 2. The van der Waals surface area contributed by atoms with Gasteiger partial charge in [-0.3, -0.25) is 4.98 Å². The number of alkyl halides is 2. The van der Waals surface area contributed by atoms with Crippen molar-refractivity contribution in [2.75, 3.05) is 0 Å². The first-order valence-corrected chi connectivity index (χ1v) is 9.98. The number of pyridine rings is 1. The summed E-state index contributed by atoms with van der Waals surface area (Å²) < 4.78 is 35.0. The molecule has 1 aromatic carbocycles. The van der Waals surface area contributed by atoms with Crippen LogP contribution in [0.3, 0.4) is 0 Å². The van der Waals surface area contributed by atoms with Crippen LogP contribution in [-0.2, 0) is 9.59 Å². The average molecular weight is 458 g/mol. The van der Waals surface area contributed by atoms with Crippen molar-refractivity contribution in [3.8, 4) is 17.1 Å². The van der Waals surface area contributed by atoms with Gasteiger partial charge in [0.15, 0.2) is 0 Å². The van der Waals surface area contributed by atoms with Crippen LogP contribution in [0.1, 0.15) is 31.9 Å². The van der Waals surface area contributed by atoms with Crippen molar-refractivity contribution in [2.24, 2.45) is 0 Å². The van der Waals surface area contributed by atoms with E-state index < -0.39 is 6.61 Å². The fraction of sp³-hybridized carbons (Fsp3) is 0.192.